The largest absolute Gasteiger partial charge is 0.381 e. The highest BCUT2D eigenvalue weighted by molar-refractivity contribution is 5.36. The highest BCUT2D eigenvalue weighted by Gasteiger charge is 1.90. The van der Waals surface area contributed by atoms with E-state index in [0.717, 1.165) is 0 Å². The summed E-state index contributed by atoms with van der Waals surface area (Å²) in [4.78, 5) is 10.3. The van der Waals surface area contributed by atoms with E-state index in [1.807, 2.05) is 0 Å². The molecule has 0 amide bonds. The van der Waals surface area contributed by atoms with E-state index in [2.05, 4.69) is 14.8 Å². The highest BCUT2D eigenvalue weighted by atomic mass is 14.9. The summed E-state index contributed by atoms with van der Waals surface area (Å²) in [6.07, 6.45) is 2.69. The zero-order chi connectivity index (χ0) is 6.69. The van der Waals surface area contributed by atoms with Gasteiger partial charge in [0.2, 0.25) is 0 Å². The van der Waals surface area contributed by atoms with Crippen molar-refractivity contribution in [3.05, 3.63) is 23.8 Å². The van der Waals surface area contributed by atoms with E-state index >= 15 is 0 Å². The number of anilines is 1. The molecule has 0 radical (unpaired) electrons. The Balaban J connectivity index is 3.06. The average Bonchev–Trinajstić information content (AvgIpc) is 1.90. The number of aromatic nitrogens is 2. The molecule has 1 aromatic heterocycles. The summed E-state index contributed by atoms with van der Waals surface area (Å²) in [5, 5.41) is 0. The number of nitrogens with two attached hydrogens (primary N) is 1. The van der Waals surface area contributed by atoms with Gasteiger partial charge in [0, 0.05) is 0 Å². The molecule has 9 heavy (non-hydrogen) atoms. The Bertz CT molecular complexity index is 232. The summed E-state index contributed by atoms with van der Waals surface area (Å²) in [6.45, 7) is 6.50. The summed E-state index contributed by atoms with van der Waals surface area (Å²) in [5.74, 6) is 0.603. The SMILES string of the molecule is [C-]#[N+]c1cnc(N)cn1. The van der Waals surface area contributed by atoms with Gasteiger partial charge < -0.3 is 10.6 Å². The lowest BCUT2D eigenvalue weighted by Crippen LogP contribution is -1.88. The van der Waals surface area contributed by atoms with Gasteiger partial charge in [-0.05, 0) is 0 Å². The summed E-state index contributed by atoms with van der Waals surface area (Å²) in [5.41, 5.74) is 5.20. The van der Waals surface area contributed by atoms with E-state index in [4.69, 9.17) is 12.3 Å². The molecular formula is C5H4N4. The van der Waals surface area contributed by atoms with Gasteiger partial charge in [-0.3, -0.25) is 0 Å². The first-order valence-electron chi connectivity index (χ1n) is 2.28. The molecule has 0 unspecified atom stereocenters. The maximum absolute atomic E-state index is 6.50. The molecule has 44 valence electrons. The Morgan fingerprint density at radius 2 is 2.22 bits per heavy atom. The van der Waals surface area contributed by atoms with E-state index in [0.29, 0.717) is 5.82 Å². The van der Waals surface area contributed by atoms with Crippen molar-refractivity contribution in [2.24, 2.45) is 0 Å². The van der Waals surface area contributed by atoms with Gasteiger partial charge >= 0.3 is 0 Å². The fourth-order valence-electron chi connectivity index (χ4n) is 0.389. The standard InChI is InChI=1S/C5H4N4/c1-7-5-3-8-4(6)2-9-5/h2-3H,(H2,6,8). The van der Waals surface area contributed by atoms with Crippen molar-refractivity contribution < 1.29 is 0 Å². The second-order valence-corrected chi connectivity index (χ2v) is 1.41. The molecule has 0 aliphatic carbocycles. The van der Waals surface area contributed by atoms with E-state index in [1.165, 1.54) is 12.4 Å². The second-order valence-electron chi connectivity index (χ2n) is 1.41. The minimum atomic E-state index is 0.268. The maximum Gasteiger partial charge on any atom is 0.288 e. The molecule has 4 heteroatoms. The van der Waals surface area contributed by atoms with E-state index in [1.54, 1.807) is 0 Å². The molecule has 0 saturated heterocycles. The van der Waals surface area contributed by atoms with Crippen LogP contribution in [-0.2, 0) is 0 Å². The number of hydrogen-bond donors (Lipinski definition) is 1. The van der Waals surface area contributed by atoms with Crippen molar-refractivity contribution in [2.75, 3.05) is 5.73 Å². The topological polar surface area (TPSA) is 56.2 Å². The van der Waals surface area contributed by atoms with Gasteiger partial charge in [0.25, 0.3) is 5.82 Å². The van der Waals surface area contributed by atoms with Gasteiger partial charge in [-0.25, -0.2) is 4.98 Å². The fraction of sp³-hybridized carbons (Fsp3) is 0. The van der Waals surface area contributed by atoms with E-state index in [-0.39, 0.29) is 5.82 Å². The van der Waals surface area contributed by atoms with Crippen molar-refractivity contribution in [2.45, 2.75) is 0 Å². The number of rotatable bonds is 0. The fourth-order valence-corrected chi connectivity index (χ4v) is 0.389. The minimum absolute atomic E-state index is 0.268. The van der Waals surface area contributed by atoms with E-state index in [9.17, 15) is 0 Å². The average molecular weight is 120 g/mol. The lowest BCUT2D eigenvalue weighted by atomic mass is 10.6. The van der Waals surface area contributed by atoms with Crippen LogP contribution in [0.3, 0.4) is 0 Å². The first-order valence-corrected chi connectivity index (χ1v) is 2.28. The molecular weight excluding hydrogens is 116 g/mol. The Labute approximate surface area is 52.2 Å². The van der Waals surface area contributed by atoms with Crippen LogP contribution in [-0.4, -0.2) is 9.97 Å². The normalized spacial score (nSPS) is 8.33. The van der Waals surface area contributed by atoms with Gasteiger partial charge in [0.15, 0.2) is 12.0 Å². The first-order chi connectivity index (χ1) is 4.33. The molecule has 4 nitrogen and oxygen atoms in total. The third kappa shape index (κ3) is 1.13. The van der Waals surface area contributed by atoms with Crippen LogP contribution in [0.25, 0.3) is 4.85 Å². The third-order valence-electron chi connectivity index (χ3n) is 0.773. The van der Waals surface area contributed by atoms with Crippen molar-refractivity contribution >= 4 is 11.6 Å². The number of nitrogens with zero attached hydrogens (tertiary/aromatic N) is 3. The predicted octanol–water partition coefficient (Wildman–Crippen LogP) is 0.610. The Kier molecular flexibility index (Phi) is 1.28. The zero-order valence-corrected chi connectivity index (χ0v) is 4.57. The Morgan fingerprint density at radius 3 is 2.67 bits per heavy atom. The molecule has 0 atom stereocenters. The lowest BCUT2D eigenvalue weighted by Gasteiger charge is -1.85. The number of nitrogen functional groups attached to an aromatic ring is 1. The first kappa shape index (κ1) is 5.51. The predicted molar refractivity (Wildman–Crippen MR) is 32.7 cm³/mol. The Hall–Kier alpha value is -1.63. The second kappa shape index (κ2) is 2.09. The van der Waals surface area contributed by atoms with Gasteiger partial charge in [0.05, 0.1) is 6.20 Å². The highest BCUT2D eigenvalue weighted by Crippen LogP contribution is 2.03. The van der Waals surface area contributed by atoms with Gasteiger partial charge in [-0.2, -0.15) is 0 Å². The molecule has 0 aliphatic heterocycles. The monoisotopic (exact) mass is 120 g/mol. The van der Waals surface area contributed by atoms with Crippen LogP contribution in [0.2, 0.25) is 0 Å². The van der Waals surface area contributed by atoms with Crippen LogP contribution in [0.1, 0.15) is 0 Å². The molecule has 0 saturated carbocycles. The quantitative estimate of drug-likeness (QED) is 0.510. The molecule has 0 aromatic carbocycles. The molecule has 1 rings (SSSR count). The van der Waals surface area contributed by atoms with Gasteiger partial charge in [-0.15, -0.1) is 4.98 Å². The third-order valence-corrected chi connectivity index (χ3v) is 0.773. The van der Waals surface area contributed by atoms with Crippen molar-refractivity contribution in [1.29, 1.82) is 0 Å². The van der Waals surface area contributed by atoms with Gasteiger partial charge in [0.1, 0.15) is 0 Å². The van der Waals surface area contributed by atoms with Crippen LogP contribution in [0.15, 0.2) is 12.4 Å². The summed E-state index contributed by atoms with van der Waals surface area (Å²) in [7, 11) is 0. The summed E-state index contributed by atoms with van der Waals surface area (Å²) in [6, 6.07) is 0. The summed E-state index contributed by atoms with van der Waals surface area (Å²) < 4.78 is 0. The molecule has 0 spiro atoms. The molecule has 1 aromatic rings. The molecule has 2 N–H and O–H groups in total. The van der Waals surface area contributed by atoms with Crippen LogP contribution in [0.5, 0.6) is 0 Å². The maximum atomic E-state index is 6.50. The van der Waals surface area contributed by atoms with E-state index < -0.39 is 0 Å². The number of hydrogen-bond acceptors (Lipinski definition) is 3. The smallest absolute Gasteiger partial charge is 0.288 e. The molecule has 1 heterocycles. The van der Waals surface area contributed by atoms with Crippen molar-refractivity contribution in [3.63, 3.8) is 0 Å². The minimum Gasteiger partial charge on any atom is -0.381 e. The van der Waals surface area contributed by atoms with Crippen LogP contribution < -0.4 is 5.73 Å². The van der Waals surface area contributed by atoms with Crippen LogP contribution in [0, 0.1) is 6.57 Å². The zero-order valence-electron chi connectivity index (χ0n) is 4.57. The Morgan fingerprint density at radius 1 is 1.44 bits per heavy atom. The van der Waals surface area contributed by atoms with Gasteiger partial charge in [-0.1, -0.05) is 6.57 Å². The van der Waals surface area contributed by atoms with Crippen LogP contribution >= 0.6 is 0 Å². The molecule has 0 aliphatic rings. The molecule has 0 fully saturated rings. The summed E-state index contributed by atoms with van der Waals surface area (Å²) >= 11 is 0. The van der Waals surface area contributed by atoms with Crippen LogP contribution in [0.4, 0.5) is 11.6 Å². The lowest BCUT2D eigenvalue weighted by molar-refractivity contribution is 1.23. The van der Waals surface area contributed by atoms with Crippen molar-refractivity contribution in [1.82, 2.24) is 9.97 Å². The van der Waals surface area contributed by atoms with Crippen molar-refractivity contribution in [3.8, 4) is 0 Å². The molecule has 0 bridgehead atoms.